The predicted octanol–water partition coefficient (Wildman–Crippen LogP) is 4.48. The van der Waals surface area contributed by atoms with Crippen molar-refractivity contribution in [1.29, 1.82) is 0 Å². The van der Waals surface area contributed by atoms with Crippen LogP contribution >= 0.6 is 0 Å². The van der Waals surface area contributed by atoms with Crippen molar-refractivity contribution in [3.8, 4) is 0 Å². The Morgan fingerprint density at radius 3 is 2.49 bits per heavy atom. The molecule has 0 aliphatic carbocycles. The number of hydrogen-bond acceptors (Lipinski definition) is 7. The Labute approximate surface area is 279 Å². The molecule has 3 amide bonds. The maximum atomic E-state index is 14.5. The molecule has 0 unspecified atom stereocenters. The summed E-state index contributed by atoms with van der Waals surface area (Å²) < 4.78 is 12.9. The van der Waals surface area contributed by atoms with Crippen LogP contribution in [-0.2, 0) is 28.7 Å². The highest BCUT2D eigenvalue weighted by atomic mass is 16.6. The highest BCUT2D eigenvalue weighted by molar-refractivity contribution is 5.98. The van der Waals surface area contributed by atoms with Gasteiger partial charge in [0, 0.05) is 31.7 Å². The molecule has 1 aromatic rings. The highest BCUT2D eigenvalue weighted by Gasteiger charge is 2.75. The van der Waals surface area contributed by atoms with Crippen molar-refractivity contribution in [1.82, 2.24) is 15.1 Å². The Hall–Kier alpha value is -3.50. The molecule has 47 heavy (non-hydrogen) atoms. The van der Waals surface area contributed by atoms with Crippen LogP contribution in [0.25, 0.3) is 0 Å². The molecule has 2 N–H and O–H groups in total. The molecule has 3 heterocycles. The van der Waals surface area contributed by atoms with Gasteiger partial charge in [-0.15, -0.1) is 13.2 Å². The lowest BCUT2D eigenvalue weighted by Gasteiger charge is -2.42. The molecule has 258 valence electrons. The summed E-state index contributed by atoms with van der Waals surface area (Å²) in [7, 11) is 0. The smallest absolute Gasteiger partial charge is 0.313 e. The zero-order valence-electron chi connectivity index (χ0n) is 28.5. The fraction of sp³-hybridized carbons (Fsp3) is 0.622. The number of fused-ring (bicyclic) bond motifs is 1. The van der Waals surface area contributed by atoms with E-state index >= 15 is 0 Å². The number of esters is 1. The largest absolute Gasteiger partial charge is 0.455 e. The minimum atomic E-state index is -1.15. The third-order valence-electron chi connectivity index (χ3n) is 9.79. The van der Waals surface area contributed by atoms with E-state index in [4.69, 9.17) is 9.47 Å². The van der Waals surface area contributed by atoms with E-state index < -0.39 is 53.2 Å². The van der Waals surface area contributed by atoms with Crippen molar-refractivity contribution < 1.29 is 33.8 Å². The normalized spacial score (nSPS) is 26.0. The number of ether oxygens (including phenoxy) is 2. The molecule has 10 heteroatoms. The van der Waals surface area contributed by atoms with Crippen molar-refractivity contribution in [3.63, 3.8) is 0 Å². The van der Waals surface area contributed by atoms with Crippen LogP contribution in [-0.4, -0.2) is 87.6 Å². The van der Waals surface area contributed by atoms with E-state index in [9.17, 15) is 24.3 Å². The summed E-state index contributed by atoms with van der Waals surface area (Å²) in [6.45, 7) is 16.0. The van der Waals surface area contributed by atoms with Crippen molar-refractivity contribution >= 4 is 23.7 Å². The van der Waals surface area contributed by atoms with Gasteiger partial charge in [-0.25, -0.2) is 0 Å². The molecule has 1 aromatic carbocycles. The molecule has 7 atom stereocenters. The van der Waals surface area contributed by atoms with Crippen LogP contribution in [0.5, 0.6) is 0 Å². The predicted molar refractivity (Wildman–Crippen MR) is 179 cm³/mol. The Balaban J connectivity index is 1.65. The first-order chi connectivity index (χ1) is 22.4. The van der Waals surface area contributed by atoms with E-state index in [0.29, 0.717) is 45.2 Å². The first kappa shape index (κ1) is 36.3. The van der Waals surface area contributed by atoms with Gasteiger partial charge in [0.15, 0.2) is 0 Å². The first-order valence-electron chi connectivity index (χ1n) is 17.1. The minimum Gasteiger partial charge on any atom is -0.455 e. The van der Waals surface area contributed by atoms with Crippen LogP contribution in [0.3, 0.4) is 0 Å². The number of aliphatic hydroxyl groups excluding tert-OH is 1. The molecule has 4 rings (SSSR count). The van der Waals surface area contributed by atoms with Gasteiger partial charge < -0.3 is 29.7 Å². The zero-order chi connectivity index (χ0) is 34.4. The lowest BCUT2D eigenvalue weighted by molar-refractivity contribution is -0.162. The number of carbonyl (C=O) groups excluding carboxylic acids is 4. The lowest BCUT2D eigenvalue weighted by Crippen LogP contribution is -2.59. The lowest BCUT2D eigenvalue weighted by atomic mass is 9.70. The fourth-order valence-electron chi connectivity index (χ4n) is 7.60. The number of nitrogens with one attached hydrogen (secondary N) is 1. The van der Waals surface area contributed by atoms with Gasteiger partial charge in [0.2, 0.25) is 17.7 Å². The molecule has 0 aromatic heterocycles. The SMILES string of the molecule is C=CCCC(=O)N[C@@H](C)[C@H](OC(=O)[C@@H]1[C@H]2C(=O)N(CCCCCCO)[C@H](C(=O)N(CC=C)C(C)(C)C)[C@]23CC[C@H]1O3)c1ccccc1. The molecule has 1 spiro atoms. The van der Waals surface area contributed by atoms with Gasteiger partial charge in [-0.1, -0.05) is 55.3 Å². The van der Waals surface area contributed by atoms with Crippen molar-refractivity contribution in [2.75, 3.05) is 19.7 Å². The van der Waals surface area contributed by atoms with Crippen molar-refractivity contribution in [2.45, 2.75) is 114 Å². The summed E-state index contributed by atoms with van der Waals surface area (Å²) in [5.41, 5.74) is -0.970. The van der Waals surface area contributed by atoms with Gasteiger partial charge in [0.25, 0.3) is 0 Å². The van der Waals surface area contributed by atoms with Gasteiger partial charge in [0.1, 0.15) is 17.7 Å². The number of amides is 3. The van der Waals surface area contributed by atoms with E-state index in [-0.39, 0.29) is 30.7 Å². The topological polar surface area (TPSA) is 125 Å². The summed E-state index contributed by atoms with van der Waals surface area (Å²) in [6.07, 6.45) is 6.75. The van der Waals surface area contributed by atoms with Crippen LogP contribution in [0.15, 0.2) is 55.6 Å². The van der Waals surface area contributed by atoms with Crippen LogP contribution in [0.4, 0.5) is 0 Å². The summed E-state index contributed by atoms with van der Waals surface area (Å²) in [5, 5.41) is 12.2. The molecule has 3 fully saturated rings. The zero-order valence-corrected chi connectivity index (χ0v) is 28.5. The summed E-state index contributed by atoms with van der Waals surface area (Å²) in [5.74, 6) is -2.96. The maximum absolute atomic E-state index is 14.5. The number of hydrogen-bond donors (Lipinski definition) is 2. The van der Waals surface area contributed by atoms with E-state index in [1.165, 1.54) is 0 Å². The number of carbonyl (C=O) groups is 4. The van der Waals surface area contributed by atoms with Crippen molar-refractivity contribution in [3.05, 3.63) is 61.2 Å². The first-order valence-corrected chi connectivity index (χ1v) is 17.1. The van der Waals surface area contributed by atoms with Crippen LogP contribution in [0.2, 0.25) is 0 Å². The third-order valence-corrected chi connectivity index (χ3v) is 9.79. The Morgan fingerprint density at radius 1 is 1.15 bits per heavy atom. The van der Waals surface area contributed by atoms with Gasteiger partial charge in [-0.3, -0.25) is 19.2 Å². The number of likely N-dealkylation sites (tertiary alicyclic amines) is 1. The van der Waals surface area contributed by atoms with E-state index in [1.807, 2.05) is 51.1 Å². The molecule has 3 aliphatic heterocycles. The van der Waals surface area contributed by atoms with Gasteiger partial charge >= 0.3 is 5.97 Å². The molecule has 2 bridgehead atoms. The summed E-state index contributed by atoms with van der Waals surface area (Å²) in [6, 6.07) is 7.82. The number of allylic oxidation sites excluding steroid dienone is 1. The quantitative estimate of drug-likeness (QED) is 0.145. The van der Waals surface area contributed by atoms with Gasteiger partial charge in [0.05, 0.1) is 24.0 Å². The standard InChI is InChI=1S/C37H53N3O7/c1-7-9-19-28(42)38-25(3)31(26-17-13-12-14-18-26)46-35(45)29-27-20-21-37(47-27)30(29)33(43)39(23-15-10-11-16-24-41)32(37)34(44)40(22-8-2)36(4,5)6/h7-8,12-14,17-18,25,27,29-32,41H,1-2,9-11,15-16,19-24H2,3-6H3,(H,38,42)/t25-,27+,29-,30-,31-,32+,37-/m0/s1. The molecule has 10 nitrogen and oxygen atoms in total. The van der Waals surface area contributed by atoms with Crippen molar-refractivity contribution in [2.24, 2.45) is 11.8 Å². The number of rotatable bonds is 17. The second kappa shape index (κ2) is 15.6. The fourth-order valence-corrected chi connectivity index (χ4v) is 7.60. The number of aliphatic hydroxyl groups is 1. The van der Waals surface area contributed by atoms with Crippen LogP contribution < -0.4 is 5.32 Å². The highest BCUT2D eigenvalue weighted by Crippen LogP contribution is 2.59. The number of benzene rings is 1. The Kier molecular flexibility index (Phi) is 12.1. The van der Waals surface area contributed by atoms with E-state index in [1.54, 1.807) is 28.9 Å². The number of unbranched alkanes of at least 4 members (excludes halogenated alkanes) is 3. The second-order valence-electron chi connectivity index (χ2n) is 14.1. The summed E-state index contributed by atoms with van der Waals surface area (Å²) >= 11 is 0. The number of nitrogens with zero attached hydrogens (tertiary/aromatic N) is 2. The summed E-state index contributed by atoms with van der Waals surface area (Å²) in [4.78, 5) is 59.2. The molecular formula is C37H53N3O7. The molecule has 3 aliphatic rings. The minimum absolute atomic E-state index is 0.108. The molecule has 3 saturated heterocycles. The Morgan fingerprint density at radius 2 is 1.85 bits per heavy atom. The van der Waals surface area contributed by atoms with Gasteiger partial charge in [-0.2, -0.15) is 0 Å². The maximum Gasteiger partial charge on any atom is 0.313 e. The molecule has 0 radical (unpaired) electrons. The van der Waals surface area contributed by atoms with E-state index in [2.05, 4.69) is 18.5 Å². The third kappa shape index (κ3) is 7.64. The van der Waals surface area contributed by atoms with Gasteiger partial charge in [-0.05, 0) is 65.4 Å². The Bertz CT molecular complexity index is 1290. The molecule has 0 saturated carbocycles. The molecular weight excluding hydrogens is 598 g/mol. The van der Waals surface area contributed by atoms with Crippen LogP contribution in [0, 0.1) is 11.8 Å². The second-order valence-corrected chi connectivity index (χ2v) is 14.1. The average Bonchev–Trinajstić information content (AvgIpc) is 3.68. The average molecular weight is 652 g/mol. The van der Waals surface area contributed by atoms with Crippen LogP contribution in [0.1, 0.15) is 90.7 Å². The monoisotopic (exact) mass is 651 g/mol. The van der Waals surface area contributed by atoms with E-state index in [0.717, 1.165) is 18.4 Å².